The molecule has 0 radical (unpaired) electrons. The molecule has 43 heavy (non-hydrogen) atoms. The zero-order chi connectivity index (χ0) is 30.0. The third kappa shape index (κ3) is 8.31. The van der Waals surface area contributed by atoms with Crippen LogP contribution in [0.3, 0.4) is 0 Å². The highest BCUT2D eigenvalue weighted by atomic mass is 16.3. The molecular weight excluding hydrogens is 536 g/mol. The van der Waals surface area contributed by atoms with Gasteiger partial charge in [-0.25, -0.2) is 0 Å². The lowest BCUT2D eigenvalue weighted by atomic mass is 9.93. The van der Waals surface area contributed by atoms with Crippen LogP contribution in [0.5, 0.6) is 5.75 Å². The van der Waals surface area contributed by atoms with E-state index in [0.717, 1.165) is 101 Å². The lowest BCUT2D eigenvalue weighted by Gasteiger charge is -2.44. The number of carbonyl (C=O) groups is 2. The van der Waals surface area contributed by atoms with Gasteiger partial charge in [-0.2, -0.15) is 0 Å². The lowest BCUT2D eigenvalue weighted by molar-refractivity contribution is -0.107. The fourth-order valence-electron chi connectivity index (χ4n) is 6.62. The number of carbonyl (C=O) groups excluding carboxylic acids is 2. The van der Waals surface area contributed by atoms with Crippen LogP contribution in [-0.2, 0) is 11.3 Å². The van der Waals surface area contributed by atoms with Crippen molar-refractivity contribution in [3.63, 3.8) is 0 Å². The number of nitrogens with zero attached hydrogens (tertiary/aromatic N) is 4. The number of amides is 1. The van der Waals surface area contributed by atoms with Crippen molar-refractivity contribution in [1.82, 2.24) is 19.6 Å². The quantitative estimate of drug-likeness (QED) is 0.234. The molecule has 7 heteroatoms. The Hall–Kier alpha value is -3.52. The smallest absolute Gasteiger partial charge is 0.253 e. The van der Waals surface area contributed by atoms with Gasteiger partial charge in [0.2, 0.25) is 0 Å². The summed E-state index contributed by atoms with van der Waals surface area (Å²) in [5.74, 6) is 0.342. The first-order valence-electron chi connectivity index (χ1n) is 15.9. The molecule has 2 unspecified atom stereocenters. The van der Waals surface area contributed by atoms with Crippen molar-refractivity contribution < 1.29 is 14.7 Å². The standard InChI is InChI=1S/C36H46N4O3/c1-29-27-38(28-30-11-5-4-6-12-30)20-23-40(29)35(32-14-10-16-34(42)26-32)31-13-9-15-33(25-31)36(43)39-21-18-37(19-22-39)17-7-2-3-8-24-41/h4-6,9-16,24-26,29,35,42H,2-3,7-8,17-23,27-28H2,1H3. The van der Waals surface area contributed by atoms with Gasteiger partial charge in [0.05, 0.1) is 6.04 Å². The molecule has 0 bridgehead atoms. The average molecular weight is 583 g/mol. The summed E-state index contributed by atoms with van der Waals surface area (Å²) in [6.45, 7) is 10.3. The van der Waals surface area contributed by atoms with Crippen LogP contribution in [0.1, 0.15) is 65.7 Å². The van der Waals surface area contributed by atoms with Gasteiger partial charge in [0.15, 0.2) is 0 Å². The highest BCUT2D eigenvalue weighted by Gasteiger charge is 2.32. The Morgan fingerprint density at radius 1 is 0.837 bits per heavy atom. The van der Waals surface area contributed by atoms with Gasteiger partial charge in [-0.1, -0.05) is 61.0 Å². The van der Waals surface area contributed by atoms with Gasteiger partial charge in [-0.15, -0.1) is 0 Å². The van der Waals surface area contributed by atoms with Crippen molar-refractivity contribution in [3.8, 4) is 5.75 Å². The summed E-state index contributed by atoms with van der Waals surface area (Å²) in [4.78, 5) is 33.7. The number of aromatic hydroxyl groups is 1. The fraction of sp³-hybridized carbons (Fsp3) is 0.444. The predicted molar refractivity (Wildman–Crippen MR) is 171 cm³/mol. The molecule has 2 heterocycles. The van der Waals surface area contributed by atoms with Crippen molar-refractivity contribution in [2.45, 2.75) is 51.2 Å². The Kier molecular flexibility index (Phi) is 11.0. The Balaban J connectivity index is 1.27. The molecule has 0 aliphatic carbocycles. The van der Waals surface area contributed by atoms with E-state index in [0.29, 0.717) is 6.42 Å². The van der Waals surface area contributed by atoms with E-state index >= 15 is 0 Å². The maximum absolute atomic E-state index is 13.7. The molecular formula is C36H46N4O3. The average Bonchev–Trinajstić information content (AvgIpc) is 3.03. The molecule has 0 saturated carbocycles. The molecule has 0 spiro atoms. The van der Waals surface area contributed by atoms with Crippen molar-refractivity contribution in [3.05, 3.63) is 101 Å². The number of hydrogen-bond acceptors (Lipinski definition) is 6. The van der Waals surface area contributed by atoms with E-state index < -0.39 is 0 Å². The van der Waals surface area contributed by atoms with Crippen LogP contribution in [0.25, 0.3) is 0 Å². The second-order valence-electron chi connectivity index (χ2n) is 12.1. The number of rotatable bonds is 12. The summed E-state index contributed by atoms with van der Waals surface area (Å²) in [5, 5.41) is 10.4. The Bertz CT molecular complexity index is 1320. The third-order valence-electron chi connectivity index (χ3n) is 8.93. The summed E-state index contributed by atoms with van der Waals surface area (Å²) >= 11 is 0. The van der Waals surface area contributed by atoms with Gasteiger partial charge in [-0.05, 0) is 67.3 Å². The number of piperazine rings is 2. The minimum absolute atomic E-state index is 0.0650. The van der Waals surface area contributed by atoms with E-state index in [2.05, 4.69) is 70.2 Å². The molecule has 2 aliphatic heterocycles. The summed E-state index contributed by atoms with van der Waals surface area (Å²) in [6, 6.07) is 26.6. The van der Waals surface area contributed by atoms with Gasteiger partial charge in [-0.3, -0.25) is 19.5 Å². The van der Waals surface area contributed by atoms with Crippen LogP contribution in [0.2, 0.25) is 0 Å². The highest BCUT2D eigenvalue weighted by molar-refractivity contribution is 5.94. The molecule has 7 nitrogen and oxygen atoms in total. The fourth-order valence-corrected chi connectivity index (χ4v) is 6.62. The Labute approximate surface area is 256 Å². The van der Waals surface area contributed by atoms with Gasteiger partial charge in [0.25, 0.3) is 5.91 Å². The predicted octanol–water partition coefficient (Wildman–Crippen LogP) is 5.21. The maximum Gasteiger partial charge on any atom is 0.253 e. The van der Waals surface area contributed by atoms with Crippen LogP contribution < -0.4 is 0 Å². The van der Waals surface area contributed by atoms with E-state index in [1.165, 1.54) is 5.56 Å². The molecule has 228 valence electrons. The largest absolute Gasteiger partial charge is 0.508 e. The number of phenols is 1. The summed E-state index contributed by atoms with van der Waals surface area (Å²) in [5.41, 5.74) is 4.16. The van der Waals surface area contributed by atoms with E-state index in [1.807, 2.05) is 29.2 Å². The monoisotopic (exact) mass is 582 g/mol. The van der Waals surface area contributed by atoms with E-state index in [4.69, 9.17) is 0 Å². The zero-order valence-corrected chi connectivity index (χ0v) is 25.5. The first kappa shape index (κ1) is 30.9. The van der Waals surface area contributed by atoms with Crippen LogP contribution in [-0.4, -0.2) is 95.3 Å². The minimum Gasteiger partial charge on any atom is -0.508 e. The molecule has 5 rings (SSSR count). The van der Waals surface area contributed by atoms with Crippen LogP contribution in [0, 0.1) is 0 Å². The van der Waals surface area contributed by atoms with Crippen LogP contribution >= 0.6 is 0 Å². The molecule has 1 N–H and O–H groups in total. The molecule has 0 aromatic heterocycles. The van der Waals surface area contributed by atoms with Crippen molar-refractivity contribution in [1.29, 1.82) is 0 Å². The van der Waals surface area contributed by atoms with Crippen molar-refractivity contribution in [2.24, 2.45) is 0 Å². The second-order valence-corrected chi connectivity index (χ2v) is 12.1. The first-order chi connectivity index (χ1) is 21.0. The maximum atomic E-state index is 13.7. The molecule has 3 aromatic carbocycles. The summed E-state index contributed by atoms with van der Waals surface area (Å²) < 4.78 is 0. The molecule has 2 fully saturated rings. The van der Waals surface area contributed by atoms with E-state index in [9.17, 15) is 14.7 Å². The Morgan fingerprint density at radius 2 is 1.56 bits per heavy atom. The van der Waals surface area contributed by atoms with Gasteiger partial charge >= 0.3 is 0 Å². The number of benzene rings is 3. The molecule has 2 saturated heterocycles. The SMILES string of the molecule is CC1CN(Cc2ccccc2)CCN1C(c1cccc(O)c1)c1cccc(C(=O)N2CCN(CCCCCC=O)CC2)c1. The second kappa shape index (κ2) is 15.3. The van der Waals surface area contributed by atoms with Crippen LogP contribution in [0.15, 0.2) is 78.9 Å². The normalized spacial score (nSPS) is 19.3. The third-order valence-corrected chi connectivity index (χ3v) is 8.93. The molecule has 2 atom stereocenters. The van der Waals surface area contributed by atoms with Crippen molar-refractivity contribution in [2.75, 3.05) is 52.4 Å². The van der Waals surface area contributed by atoms with E-state index in [1.54, 1.807) is 6.07 Å². The lowest BCUT2D eigenvalue weighted by Crippen LogP contribution is -2.52. The van der Waals surface area contributed by atoms with Gasteiger partial charge in [0, 0.05) is 70.4 Å². The topological polar surface area (TPSA) is 67.3 Å². The van der Waals surface area contributed by atoms with E-state index in [-0.39, 0.29) is 23.7 Å². The zero-order valence-electron chi connectivity index (χ0n) is 25.5. The van der Waals surface area contributed by atoms with Gasteiger partial charge < -0.3 is 14.8 Å². The van der Waals surface area contributed by atoms with Gasteiger partial charge in [0.1, 0.15) is 12.0 Å². The number of hydrogen-bond donors (Lipinski definition) is 1. The molecule has 3 aromatic rings. The minimum atomic E-state index is -0.0650. The molecule has 1 amide bonds. The summed E-state index contributed by atoms with van der Waals surface area (Å²) in [7, 11) is 0. The first-order valence-corrected chi connectivity index (χ1v) is 15.9. The number of phenolic OH excluding ortho intramolecular Hbond substituents is 1. The number of unbranched alkanes of at least 4 members (excludes halogenated alkanes) is 3. The molecule has 2 aliphatic rings. The van der Waals surface area contributed by atoms with Crippen LogP contribution in [0.4, 0.5) is 0 Å². The van der Waals surface area contributed by atoms with Crippen molar-refractivity contribution >= 4 is 12.2 Å². The summed E-state index contributed by atoms with van der Waals surface area (Å²) in [6.07, 6.45) is 4.78. The number of aldehydes is 1. The Morgan fingerprint density at radius 3 is 2.28 bits per heavy atom. The highest BCUT2D eigenvalue weighted by Crippen LogP contribution is 2.34.